The van der Waals surface area contributed by atoms with E-state index in [2.05, 4.69) is 35.6 Å². The quantitative estimate of drug-likeness (QED) is 0.780. The van der Waals surface area contributed by atoms with Gasteiger partial charge in [0.25, 0.3) is 0 Å². The van der Waals surface area contributed by atoms with Crippen molar-refractivity contribution >= 4 is 29.2 Å². The summed E-state index contributed by atoms with van der Waals surface area (Å²) in [5, 5.41) is 1.21. The van der Waals surface area contributed by atoms with Crippen LogP contribution in [0.15, 0.2) is 0 Å². The molecule has 100 valence electrons. The standard InChI is InChI=1S/C13H20ClN3S/c1-5-11-15-12(14)8(2)13(16-11)17-6-7-18-10(4)9(17)3/h9-10H,5-7H2,1-4H3. The van der Waals surface area contributed by atoms with Crippen LogP contribution in [-0.4, -0.2) is 33.6 Å². The van der Waals surface area contributed by atoms with Gasteiger partial charge in [-0.25, -0.2) is 9.97 Å². The zero-order valence-electron chi connectivity index (χ0n) is 11.4. The number of halogens is 1. The second-order valence-electron chi connectivity index (χ2n) is 4.74. The van der Waals surface area contributed by atoms with Crippen molar-refractivity contribution in [2.75, 3.05) is 17.2 Å². The minimum atomic E-state index is 0.484. The average Bonchev–Trinajstić information content (AvgIpc) is 2.36. The van der Waals surface area contributed by atoms with E-state index < -0.39 is 0 Å². The lowest BCUT2D eigenvalue weighted by Gasteiger charge is -2.39. The van der Waals surface area contributed by atoms with E-state index in [1.807, 2.05) is 18.7 Å². The zero-order valence-corrected chi connectivity index (χ0v) is 13.0. The molecule has 1 saturated heterocycles. The zero-order chi connectivity index (χ0) is 13.3. The predicted molar refractivity (Wildman–Crippen MR) is 79.9 cm³/mol. The molecule has 1 aliphatic rings. The Morgan fingerprint density at radius 2 is 2.11 bits per heavy atom. The third kappa shape index (κ3) is 2.59. The van der Waals surface area contributed by atoms with Crippen molar-refractivity contribution in [3.63, 3.8) is 0 Å². The molecule has 0 N–H and O–H groups in total. The first-order chi connectivity index (χ1) is 8.54. The fourth-order valence-electron chi connectivity index (χ4n) is 2.19. The Balaban J connectivity index is 2.40. The largest absolute Gasteiger partial charge is 0.352 e. The summed E-state index contributed by atoms with van der Waals surface area (Å²) in [4.78, 5) is 11.4. The summed E-state index contributed by atoms with van der Waals surface area (Å²) in [5.41, 5.74) is 1.000. The molecule has 1 aliphatic heterocycles. The number of nitrogens with zero attached hydrogens (tertiary/aromatic N) is 3. The Hall–Kier alpha value is -0.480. The van der Waals surface area contributed by atoms with Crippen LogP contribution in [0.4, 0.5) is 5.82 Å². The molecule has 2 atom stereocenters. The molecule has 2 heterocycles. The van der Waals surface area contributed by atoms with Crippen molar-refractivity contribution in [1.82, 2.24) is 9.97 Å². The number of hydrogen-bond acceptors (Lipinski definition) is 4. The minimum absolute atomic E-state index is 0.484. The molecule has 1 fully saturated rings. The van der Waals surface area contributed by atoms with Crippen LogP contribution < -0.4 is 4.90 Å². The molecule has 0 aromatic carbocycles. The average molecular weight is 286 g/mol. The van der Waals surface area contributed by atoms with Gasteiger partial charge < -0.3 is 4.90 Å². The molecular weight excluding hydrogens is 266 g/mol. The highest BCUT2D eigenvalue weighted by Crippen LogP contribution is 2.31. The second-order valence-corrected chi connectivity index (χ2v) is 6.59. The lowest BCUT2D eigenvalue weighted by molar-refractivity contribution is 0.616. The number of anilines is 1. The van der Waals surface area contributed by atoms with E-state index in [1.54, 1.807) is 0 Å². The molecule has 0 saturated carbocycles. The third-order valence-electron chi connectivity index (χ3n) is 3.58. The molecule has 3 nitrogen and oxygen atoms in total. The fraction of sp³-hybridized carbons (Fsp3) is 0.692. The van der Waals surface area contributed by atoms with Crippen LogP contribution in [0.5, 0.6) is 0 Å². The molecule has 18 heavy (non-hydrogen) atoms. The van der Waals surface area contributed by atoms with Crippen molar-refractivity contribution in [1.29, 1.82) is 0 Å². The summed E-state index contributed by atoms with van der Waals surface area (Å²) in [5.74, 6) is 3.00. The maximum absolute atomic E-state index is 6.22. The van der Waals surface area contributed by atoms with Crippen LogP contribution in [0.1, 0.15) is 32.2 Å². The van der Waals surface area contributed by atoms with Crippen LogP contribution in [0, 0.1) is 6.92 Å². The van der Waals surface area contributed by atoms with Crippen molar-refractivity contribution in [2.24, 2.45) is 0 Å². The van der Waals surface area contributed by atoms with Crippen molar-refractivity contribution in [3.8, 4) is 0 Å². The van der Waals surface area contributed by atoms with E-state index >= 15 is 0 Å². The van der Waals surface area contributed by atoms with Crippen molar-refractivity contribution in [2.45, 2.75) is 45.4 Å². The van der Waals surface area contributed by atoms with E-state index in [0.717, 1.165) is 35.9 Å². The first kappa shape index (κ1) is 13.9. The molecule has 2 unspecified atom stereocenters. The second kappa shape index (κ2) is 5.66. The number of thioether (sulfide) groups is 1. The monoisotopic (exact) mass is 285 g/mol. The van der Waals surface area contributed by atoms with Gasteiger partial charge in [-0.05, 0) is 13.8 Å². The Morgan fingerprint density at radius 3 is 2.78 bits per heavy atom. The Labute approximate surface area is 118 Å². The highest BCUT2D eigenvalue weighted by Gasteiger charge is 2.28. The number of aryl methyl sites for hydroxylation is 1. The SMILES string of the molecule is CCc1nc(Cl)c(C)c(N2CCSC(C)C2C)n1. The molecule has 1 aromatic rings. The molecule has 0 radical (unpaired) electrons. The van der Waals surface area contributed by atoms with Crippen LogP contribution in [0.2, 0.25) is 5.15 Å². The molecule has 0 amide bonds. The molecule has 0 spiro atoms. The Bertz CT molecular complexity index is 438. The molecule has 1 aromatic heterocycles. The molecule has 2 rings (SSSR count). The Morgan fingerprint density at radius 1 is 1.39 bits per heavy atom. The number of hydrogen-bond donors (Lipinski definition) is 0. The predicted octanol–water partition coefficient (Wildman–Crippen LogP) is 3.33. The topological polar surface area (TPSA) is 29.0 Å². The van der Waals surface area contributed by atoms with Crippen LogP contribution in [0.25, 0.3) is 0 Å². The maximum Gasteiger partial charge on any atom is 0.137 e. The summed E-state index contributed by atoms with van der Waals surface area (Å²) in [6, 6.07) is 0.484. The van der Waals surface area contributed by atoms with Crippen LogP contribution in [-0.2, 0) is 6.42 Å². The summed E-state index contributed by atoms with van der Waals surface area (Å²) >= 11 is 8.24. The van der Waals surface area contributed by atoms with Crippen molar-refractivity contribution in [3.05, 3.63) is 16.5 Å². The highest BCUT2D eigenvalue weighted by atomic mass is 35.5. The van der Waals surface area contributed by atoms with Gasteiger partial charge in [-0.15, -0.1) is 0 Å². The van der Waals surface area contributed by atoms with E-state index in [1.165, 1.54) is 0 Å². The normalized spacial score (nSPS) is 24.4. The minimum Gasteiger partial charge on any atom is -0.352 e. The Kier molecular flexibility index (Phi) is 4.38. The van der Waals surface area contributed by atoms with Gasteiger partial charge in [0, 0.05) is 35.6 Å². The fourth-order valence-corrected chi connectivity index (χ4v) is 3.47. The van der Waals surface area contributed by atoms with E-state index in [0.29, 0.717) is 16.4 Å². The van der Waals surface area contributed by atoms with E-state index in [4.69, 9.17) is 11.6 Å². The van der Waals surface area contributed by atoms with Gasteiger partial charge in [-0.2, -0.15) is 11.8 Å². The summed E-state index contributed by atoms with van der Waals surface area (Å²) in [6.07, 6.45) is 0.819. The first-order valence-corrected chi connectivity index (χ1v) is 7.88. The summed E-state index contributed by atoms with van der Waals surface area (Å²) in [6.45, 7) is 9.64. The van der Waals surface area contributed by atoms with Gasteiger partial charge >= 0.3 is 0 Å². The molecule has 0 bridgehead atoms. The van der Waals surface area contributed by atoms with Gasteiger partial charge in [0.15, 0.2) is 0 Å². The van der Waals surface area contributed by atoms with Gasteiger partial charge in [0.2, 0.25) is 0 Å². The number of rotatable bonds is 2. The van der Waals surface area contributed by atoms with Gasteiger partial charge in [0.1, 0.15) is 16.8 Å². The summed E-state index contributed by atoms with van der Waals surface area (Å²) < 4.78 is 0. The third-order valence-corrected chi connectivity index (χ3v) is 5.29. The van der Waals surface area contributed by atoms with E-state index in [-0.39, 0.29) is 0 Å². The van der Waals surface area contributed by atoms with Crippen LogP contribution in [0.3, 0.4) is 0 Å². The van der Waals surface area contributed by atoms with Crippen molar-refractivity contribution < 1.29 is 0 Å². The smallest absolute Gasteiger partial charge is 0.137 e. The lowest BCUT2D eigenvalue weighted by Crippen LogP contribution is -2.45. The van der Waals surface area contributed by atoms with Gasteiger partial charge in [-0.3, -0.25) is 0 Å². The van der Waals surface area contributed by atoms with Crippen LogP contribution >= 0.6 is 23.4 Å². The molecular formula is C13H20ClN3S. The molecule has 5 heteroatoms. The first-order valence-electron chi connectivity index (χ1n) is 6.45. The highest BCUT2D eigenvalue weighted by molar-refractivity contribution is 8.00. The number of aromatic nitrogens is 2. The van der Waals surface area contributed by atoms with Gasteiger partial charge in [-0.1, -0.05) is 25.4 Å². The lowest BCUT2D eigenvalue weighted by atomic mass is 10.2. The maximum atomic E-state index is 6.22. The van der Waals surface area contributed by atoms with Gasteiger partial charge in [0.05, 0.1) is 0 Å². The summed E-state index contributed by atoms with van der Waals surface area (Å²) in [7, 11) is 0. The molecule has 0 aliphatic carbocycles. The van der Waals surface area contributed by atoms with E-state index in [9.17, 15) is 0 Å².